The van der Waals surface area contributed by atoms with Gasteiger partial charge < -0.3 is 5.32 Å². The highest BCUT2D eigenvalue weighted by Crippen LogP contribution is 2.48. The summed E-state index contributed by atoms with van der Waals surface area (Å²) in [6.07, 6.45) is 4.95. The zero-order valence-electron chi connectivity index (χ0n) is 11.5. The van der Waals surface area contributed by atoms with Crippen LogP contribution >= 0.6 is 0 Å². The molecule has 0 aliphatic heterocycles. The topological polar surface area (TPSA) is 29.1 Å². The summed E-state index contributed by atoms with van der Waals surface area (Å²) in [5, 5.41) is 5.48. The van der Waals surface area contributed by atoms with E-state index in [-0.39, 0.29) is 11.8 Å². The molecule has 4 rings (SSSR count). The Kier molecular flexibility index (Phi) is 2.76. The fourth-order valence-electron chi connectivity index (χ4n) is 4.13. The molecular formula is C18H19NO. The van der Waals surface area contributed by atoms with E-state index < -0.39 is 0 Å². The van der Waals surface area contributed by atoms with Crippen LogP contribution in [0.1, 0.15) is 25.7 Å². The number of rotatable bonds is 2. The Morgan fingerprint density at radius 3 is 2.65 bits per heavy atom. The number of benzene rings is 2. The second kappa shape index (κ2) is 4.62. The molecule has 2 bridgehead atoms. The fraction of sp³-hybridized carbons (Fsp3) is 0.389. The van der Waals surface area contributed by atoms with Gasteiger partial charge in [0.25, 0.3) is 0 Å². The van der Waals surface area contributed by atoms with Crippen LogP contribution < -0.4 is 5.32 Å². The molecule has 3 atom stereocenters. The Morgan fingerprint density at radius 1 is 1.00 bits per heavy atom. The highest BCUT2D eigenvalue weighted by atomic mass is 16.1. The van der Waals surface area contributed by atoms with Crippen LogP contribution in [0.4, 0.5) is 5.69 Å². The zero-order chi connectivity index (χ0) is 13.5. The summed E-state index contributed by atoms with van der Waals surface area (Å²) < 4.78 is 0. The third kappa shape index (κ3) is 1.91. The van der Waals surface area contributed by atoms with Crippen molar-refractivity contribution < 1.29 is 4.79 Å². The Bertz CT molecular complexity index is 658. The highest BCUT2D eigenvalue weighted by molar-refractivity contribution is 6.02. The van der Waals surface area contributed by atoms with Crippen molar-refractivity contribution >= 4 is 22.4 Å². The van der Waals surface area contributed by atoms with E-state index in [0.29, 0.717) is 5.92 Å². The van der Waals surface area contributed by atoms with Crippen molar-refractivity contribution in [2.24, 2.45) is 17.8 Å². The number of fused-ring (bicyclic) bond motifs is 3. The maximum absolute atomic E-state index is 12.5. The van der Waals surface area contributed by atoms with E-state index in [1.807, 2.05) is 24.3 Å². The summed E-state index contributed by atoms with van der Waals surface area (Å²) >= 11 is 0. The molecule has 2 nitrogen and oxygen atoms in total. The monoisotopic (exact) mass is 265 g/mol. The molecule has 0 aromatic heterocycles. The molecule has 2 aromatic rings. The van der Waals surface area contributed by atoms with Crippen molar-refractivity contribution in [2.75, 3.05) is 5.32 Å². The first kappa shape index (κ1) is 12.0. The molecule has 0 saturated heterocycles. The van der Waals surface area contributed by atoms with Gasteiger partial charge in [0.15, 0.2) is 0 Å². The molecule has 1 amide bonds. The standard InChI is InChI=1S/C18H19NO/c20-18(16-11-12-8-9-14(16)10-12)19-17-7-3-5-13-4-1-2-6-15(13)17/h1-7,12,14,16H,8-11H2,(H,19,20)/t12-,14-,16-/m0/s1. The van der Waals surface area contributed by atoms with E-state index in [1.165, 1.54) is 24.6 Å². The largest absolute Gasteiger partial charge is 0.325 e. The summed E-state index contributed by atoms with van der Waals surface area (Å²) in [5.41, 5.74) is 0.955. The Balaban J connectivity index is 1.60. The lowest BCUT2D eigenvalue weighted by Gasteiger charge is -2.21. The molecule has 2 aliphatic rings. The first-order valence-corrected chi connectivity index (χ1v) is 7.60. The highest BCUT2D eigenvalue weighted by Gasteiger charge is 2.43. The molecule has 0 radical (unpaired) electrons. The van der Waals surface area contributed by atoms with Gasteiger partial charge in [-0.1, -0.05) is 42.8 Å². The molecule has 2 fully saturated rings. The second-order valence-electron chi connectivity index (χ2n) is 6.30. The van der Waals surface area contributed by atoms with Crippen molar-refractivity contribution in [3.8, 4) is 0 Å². The van der Waals surface area contributed by atoms with Gasteiger partial charge in [0.2, 0.25) is 5.91 Å². The van der Waals surface area contributed by atoms with Gasteiger partial charge in [-0.15, -0.1) is 0 Å². The summed E-state index contributed by atoms with van der Waals surface area (Å²) in [4.78, 5) is 12.5. The van der Waals surface area contributed by atoms with Gasteiger partial charge in [-0.2, -0.15) is 0 Å². The van der Waals surface area contributed by atoms with E-state index in [1.54, 1.807) is 0 Å². The molecular weight excluding hydrogens is 246 g/mol. The van der Waals surface area contributed by atoms with Gasteiger partial charge >= 0.3 is 0 Å². The van der Waals surface area contributed by atoms with Gasteiger partial charge in [0.1, 0.15) is 0 Å². The second-order valence-corrected chi connectivity index (χ2v) is 6.30. The van der Waals surface area contributed by atoms with Crippen molar-refractivity contribution in [1.29, 1.82) is 0 Å². The number of carbonyl (C=O) groups excluding carboxylic acids is 1. The van der Waals surface area contributed by atoms with Crippen molar-refractivity contribution in [2.45, 2.75) is 25.7 Å². The number of hydrogen-bond donors (Lipinski definition) is 1. The molecule has 1 N–H and O–H groups in total. The maximum atomic E-state index is 12.5. The van der Waals surface area contributed by atoms with Crippen LogP contribution in [0.2, 0.25) is 0 Å². The number of amides is 1. The Labute approximate surface area is 119 Å². The van der Waals surface area contributed by atoms with Crippen molar-refractivity contribution in [3.63, 3.8) is 0 Å². The lowest BCUT2D eigenvalue weighted by molar-refractivity contribution is -0.121. The average Bonchev–Trinajstić information content (AvgIpc) is 3.10. The molecule has 2 aliphatic carbocycles. The lowest BCUT2D eigenvalue weighted by atomic mass is 9.88. The number of carbonyl (C=O) groups is 1. The van der Waals surface area contributed by atoms with E-state index >= 15 is 0 Å². The molecule has 0 heterocycles. The van der Waals surface area contributed by atoms with E-state index in [4.69, 9.17) is 0 Å². The predicted octanol–water partition coefficient (Wildman–Crippen LogP) is 4.21. The van der Waals surface area contributed by atoms with Gasteiger partial charge in [-0.05, 0) is 42.6 Å². The molecule has 102 valence electrons. The molecule has 0 spiro atoms. The average molecular weight is 265 g/mol. The van der Waals surface area contributed by atoms with Gasteiger partial charge in [0, 0.05) is 17.0 Å². The molecule has 2 aromatic carbocycles. The van der Waals surface area contributed by atoms with Crippen molar-refractivity contribution in [3.05, 3.63) is 42.5 Å². The van der Waals surface area contributed by atoms with Crippen LogP contribution in [0.15, 0.2) is 42.5 Å². The summed E-state index contributed by atoms with van der Waals surface area (Å²) in [7, 11) is 0. The third-order valence-corrected chi connectivity index (χ3v) is 5.12. The minimum Gasteiger partial charge on any atom is -0.325 e. The normalized spacial score (nSPS) is 27.9. The first-order valence-electron chi connectivity index (χ1n) is 7.60. The molecule has 2 saturated carbocycles. The van der Waals surface area contributed by atoms with Crippen LogP contribution in [-0.4, -0.2) is 5.91 Å². The van der Waals surface area contributed by atoms with Gasteiger partial charge in [-0.3, -0.25) is 4.79 Å². The van der Waals surface area contributed by atoms with Gasteiger partial charge in [-0.25, -0.2) is 0 Å². The minimum atomic E-state index is 0.230. The van der Waals surface area contributed by atoms with Crippen LogP contribution in [0.25, 0.3) is 10.8 Å². The van der Waals surface area contributed by atoms with Crippen molar-refractivity contribution in [1.82, 2.24) is 0 Å². The van der Waals surface area contributed by atoms with Crippen LogP contribution in [0.5, 0.6) is 0 Å². The number of anilines is 1. The predicted molar refractivity (Wildman–Crippen MR) is 81.5 cm³/mol. The lowest BCUT2D eigenvalue weighted by Crippen LogP contribution is -2.27. The van der Waals surface area contributed by atoms with E-state index in [2.05, 4.69) is 23.5 Å². The SMILES string of the molecule is O=C(Nc1cccc2ccccc12)[C@H]1C[C@H]2CC[C@H]1C2. The minimum absolute atomic E-state index is 0.230. The first-order chi connectivity index (χ1) is 9.81. The number of hydrogen-bond acceptors (Lipinski definition) is 1. The van der Waals surface area contributed by atoms with Crippen LogP contribution in [0, 0.1) is 17.8 Å². The summed E-state index contributed by atoms with van der Waals surface area (Å²) in [6.45, 7) is 0. The quantitative estimate of drug-likeness (QED) is 0.865. The molecule has 2 heteroatoms. The zero-order valence-corrected chi connectivity index (χ0v) is 11.5. The number of nitrogens with one attached hydrogen (secondary N) is 1. The Morgan fingerprint density at radius 2 is 1.85 bits per heavy atom. The fourth-order valence-corrected chi connectivity index (χ4v) is 4.13. The molecule has 0 unspecified atom stereocenters. The van der Waals surface area contributed by atoms with Crippen LogP contribution in [0.3, 0.4) is 0 Å². The third-order valence-electron chi connectivity index (χ3n) is 5.12. The van der Waals surface area contributed by atoms with Crippen LogP contribution in [-0.2, 0) is 4.79 Å². The Hall–Kier alpha value is -1.83. The molecule has 20 heavy (non-hydrogen) atoms. The summed E-state index contributed by atoms with van der Waals surface area (Å²) in [6, 6.07) is 14.3. The maximum Gasteiger partial charge on any atom is 0.227 e. The smallest absolute Gasteiger partial charge is 0.227 e. The van der Waals surface area contributed by atoms with E-state index in [0.717, 1.165) is 23.4 Å². The summed E-state index contributed by atoms with van der Waals surface area (Å²) in [5.74, 6) is 1.92. The van der Waals surface area contributed by atoms with Gasteiger partial charge in [0.05, 0.1) is 0 Å². The van der Waals surface area contributed by atoms with E-state index in [9.17, 15) is 4.79 Å².